The second kappa shape index (κ2) is 5.19. The van der Waals surface area contributed by atoms with Crippen molar-refractivity contribution in [1.29, 1.82) is 0 Å². The quantitative estimate of drug-likeness (QED) is 0.861. The molecule has 0 saturated carbocycles. The van der Waals surface area contributed by atoms with Gasteiger partial charge in [0.2, 0.25) is 0 Å². The molecule has 3 rings (SSSR count). The van der Waals surface area contributed by atoms with E-state index in [9.17, 15) is 0 Å². The molecule has 0 radical (unpaired) electrons. The van der Waals surface area contributed by atoms with Crippen LogP contribution < -0.4 is 5.32 Å². The van der Waals surface area contributed by atoms with E-state index in [1.807, 2.05) is 0 Å². The highest BCUT2D eigenvalue weighted by Crippen LogP contribution is 2.22. The van der Waals surface area contributed by atoms with Gasteiger partial charge in [0.25, 0.3) is 0 Å². The largest absolute Gasteiger partial charge is 0.381 e. The zero-order valence-electron chi connectivity index (χ0n) is 10.3. The van der Waals surface area contributed by atoms with E-state index in [1.54, 1.807) is 0 Å². The molecule has 0 aromatic heterocycles. The van der Waals surface area contributed by atoms with Crippen molar-refractivity contribution in [3.8, 4) is 0 Å². The number of hydrogen-bond donors (Lipinski definition) is 1. The third-order valence-electron chi connectivity index (χ3n) is 4.00. The summed E-state index contributed by atoms with van der Waals surface area (Å²) in [5.74, 6) is 0.729. The van der Waals surface area contributed by atoms with Crippen LogP contribution >= 0.6 is 0 Å². The van der Waals surface area contributed by atoms with Gasteiger partial charge in [0.05, 0.1) is 6.61 Å². The molecule has 17 heavy (non-hydrogen) atoms. The Morgan fingerprint density at radius 1 is 1.18 bits per heavy atom. The van der Waals surface area contributed by atoms with Gasteiger partial charge in [-0.1, -0.05) is 24.3 Å². The molecule has 0 spiro atoms. The highest BCUT2D eigenvalue weighted by atomic mass is 16.5. The maximum Gasteiger partial charge on any atom is 0.0506 e. The fraction of sp³-hybridized carbons (Fsp3) is 0.600. The second-order valence-electron chi connectivity index (χ2n) is 5.37. The van der Waals surface area contributed by atoms with Crippen molar-refractivity contribution < 1.29 is 4.74 Å². The van der Waals surface area contributed by atoms with Crippen LogP contribution in [0.1, 0.15) is 24.0 Å². The van der Waals surface area contributed by atoms with E-state index in [4.69, 9.17) is 4.74 Å². The average Bonchev–Trinajstić information content (AvgIpc) is 2.80. The van der Waals surface area contributed by atoms with Gasteiger partial charge in [0.15, 0.2) is 0 Å². The molecule has 2 nitrogen and oxygen atoms in total. The summed E-state index contributed by atoms with van der Waals surface area (Å²) in [7, 11) is 0. The van der Waals surface area contributed by atoms with Gasteiger partial charge in [-0.05, 0) is 42.7 Å². The zero-order valence-corrected chi connectivity index (χ0v) is 10.3. The zero-order chi connectivity index (χ0) is 11.5. The van der Waals surface area contributed by atoms with Crippen molar-refractivity contribution in [3.63, 3.8) is 0 Å². The fourth-order valence-corrected chi connectivity index (χ4v) is 3.00. The fourth-order valence-electron chi connectivity index (χ4n) is 3.00. The summed E-state index contributed by atoms with van der Waals surface area (Å²) in [6, 6.07) is 9.47. The molecule has 0 amide bonds. The molecule has 1 unspecified atom stereocenters. The van der Waals surface area contributed by atoms with E-state index in [1.165, 1.54) is 36.8 Å². The lowest BCUT2D eigenvalue weighted by atomic mass is 10.0. The minimum atomic E-state index is 0.648. The summed E-state index contributed by atoms with van der Waals surface area (Å²) in [5, 5.41) is 3.72. The number of ether oxygens (including phenoxy) is 1. The van der Waals surface area contributed by atoms with Crippen LogP contribution in [-0.4, -0.2) is 25.8 Å². The first-order chi connectivity index (χ1) is 8.42. The van der Waals surface area contributed by atoms with E-state index in [0.29, 0.717) is 6.04 Å². The molecule has 0 bridgehead atoms. The summed E-state index contributed by atoms with van der Waals surface area (Å²) in [4.78, 5) is 0. The first-order valence-corrected chi connectivity index (χ1v) is 6.80. The van der Waals surface area contributed by atoms with Crippen LogP contribution in [0.3, 0.4) is 0 Å². The molecule has 1 aliphatic heterocycles. The average molecular weight is 231 g/mol. The Morgan fingerprint density at radius 2 is 1.94 bits per heavy atom. The number of rotatable bonds is 3. The van der Waals surface area contributed by atoms with Crippen LogP contribution in [0.5, 0.6) is 0 Å². The third-order valence-corrected chi connectivity index (χ3v) is 4.00. The number of fused-ring (bicyclic) bond motifs is 1. The minimum absolute atomic E-state index is 0.648. The molecule has 1 aromatic rings. The second-order valence-corrected chi connectivity index (χ2v) is 5.37. The van der Waals surface area contributed by atoms with E-state index in [-0.39, 0.29) is 0 Å². The van der Waals surface area contributed by atoms with Crippen molar-refractivity contribution in [2.75, 3.05) is 19.8 Å². The van der Waals surface area contributed by atoms with Gasteiger partial charge >= 0.3 is 0 Å². The Hall–Kier alpha value is -0.860. The lowest BCUT2D eigenvalue weighted by Crippen LogP contribution is -2.36. The van der Waals surface area contributed by atoms with E-state index >= 15 is 0 Å². The maximum absolute atomic E-state index is 5.52. The molecule has 92 valence electrons. The van der Waals surface area contributed by atoms with Crippen molar-refractivity contribution in [2.45, 2.75) is 31.7 Å². The number of hydrogen-bond acceptors (Lipinski definition) is 2. The summed E-state index contributed by atoms with van der Waals surface area (Å²) in [6.07, 6.45) is 4.96. The normalized spacial score (nSPS) is 24.8. The van der Waals surface area contributed by atoms with Crippen molar-refractivity contribution in [1.82, 2.24) is 5.32 Å². The van der Waals surface area contributed by atoms with Crippen molar-refractivity contribution >= 4 is 0 Å². The SMILES string of the molecule is c1ccc2c(c1)CC(NCC1CCCOC1)C2. The van der Waals surface area contributed by atoms with Gasteiger partial charge in [-0.15, -0.1) is 0 Å². The highest BCUT2D eigenvalue weighted by Gasteiger charge is 2.22. The van der Waals surface area contributed by atoms with Crippen LogP contribution in [-0.2, 0) is 17.6 Å². The molecule has 1 atom stereocenters. The summed E-state index contributed by atoms with van der Waals surface area (Å²) < 4.78 is 5.52. The molecule has 1 aliphatic carbocycles. The lowest BCUT2D eigenvalue weighted by Gasteiger charge is -2.24. The summed E-state index contributed by atoms with van der Waals surface area (Å²) in [5.41, 5.74) is 3.06. The van der Waals surface area contributed by atoms with Crippen LogP contribution in [0.2, 0.25) is 0 Å². The van der Waals surface area contributed by atoms with Gasteiger partial charge in [0, 0.05) is 19.2 Å². The van der Waals surface area contributed by atoms with Crippen LogP contribution in [0, 0.1) is 5.92 Å². The van der Waals surface area contributed by atoms with Gasteiger partial charge < -0.3 is 10.1 Å². The van der Waals surface area contributed by atoms with E-state index in [0.717, 1.165) is 25.7 Å². The number of nitrogens with one attached hydrogen (secondary N) is 1. The van der Waals surface area contributed by atoms with Gasteiger partial charge in [-0.2, -0.15) is 0 Å². The molecule has 1 N–H and O–H groups in total. The van der Waals surface area contributed by atoms with Gasteiger partial charge in [-0.3, -0.25) is 0 Å². The monoisotopic (exact) mass is 231 g/mol. The number of benzene rings is 1. The standard InChI is InChI=1S/C15H21NO/c1-2-6-14-9-15(8-13(14)5-1)16-10-12-4-3-7-17-11-12/h1-2,5-6,12,15-16H,3-4,7-11H2. The summed E-state index contributed by atoms with van der Waals surface area (Å²) >= 11 is 0. The predicted octanol–water partition coefficient (Wildman–Crippen LogP) is 2.17. The Bertz CT molecular complexity index is 346. The van der Waals surface area contributed by atoms with E-state index < -0.39 is 0 Å². The maximum atomic E-state index is 5.52. The van der Waals surface area contributed by atoms with Crippen LogP contribution in [0.25, 0.3) is 0 Å². The van der Waals surface area contributed by atoms with Crippen LogP contribution in [0.4, 0.5) is 0 Å². The van der Waals surface area contributed by atoms with Gasteiger partial charge in [0.1, 0.15) is 0 Å². The molecule has 1 heterocycles. The highest BCUT2D eigenvalue weighted by molar-refractivity contribution is 5.33. The van der Waals surface area contributed by atoms with Crippen molar-refractivity contribution in [3.05, 3.63) is 35.4 Å². The third kappa shape index (κ3) is 2.70. The molecule has 1 fully saturated rings. The first kappa shape index (κ1) is 11.2. The van der Waals surface area contributed by atoms with Gasteiger partial charge in [-0.25, -0.2) is 0 Å². The Balaban J connectivity index is 1.48. The summed E-state index contributed by atoms with van der Waals surface area (Å²) in [6.45, 7) is 3.04. The Labute approximate surface area is 103 Å². The molecule has 1 aromatic carbocycles. The Kier molecular flexibility index (Phi) is 3.44. The van der Waals surface area contributed by atoms with Crippen LogP contribution in [0.15, 0.2) is 24.3 Å². The molecular formula is C15H21NO. The molecule has 2 heteroatoms. The predicted molar refractivity (Wildman–Crippen MR) is 69.2 cm³/mol. The molecular weight excluding hydrogens is 210 g/mol. The van der Waals surface area contributed by atoms with E-state index in [2.05, 4.69) is 29.6 Å². The lowest BCUT2D eigenvalue weighted by molar-refractivity contribution is 0.0539. The smallest absolute Gasteiger partial charge is 0.0506 e. The Morgan fingerprint density at radius 3 is 2.59 bits per heavy atom. The minimum Gasteiger partial charge on any atom is -0.381 e. The van der Waals surface area contributed by atoms with Crippen molar-refractivity contribution in [2.24, 2.45) is 5.92 Å². The topological polar surface area (TPSA) is 21.3 Å². The first-order valence-electron chi connectivity index (χ1n) is 6.80. The molecule has 1 saturated heterocycles. The molecule has 2 aliphatic rings.